The molecule has 0 fully saturated rings. The van der Waals surface area contributed by atoms with Crippen LogP contribution in [0.3, 0.4) is 0 Å². The third-order valence-corrected chi connectivity index (χ3v) is 10.6. The van der Waals surface area contributed by atoms with Crippen LogP contribution in [0.2, 0.25) is 0 Å². The van der Waals surface area contributed by atoms with Crippen LogP contribution in [0.1, 0.15) is 37.4 Å². The molecule has 8 rings (SSSR count). The Morgan fingerprint density at radius 3 is 1.72 bits per heavy atom. The smallest absolute Gasteiger partial charge is 0.416 e. The third kappa shape index (κ3) is 10.4. The van der Waals surface area contributed by atoms with Crippen molar-refractivity contribution in [2.75, 3.05) is 10.2 Å². The van der Waals surface area contributed by atoms with Crippen molar-refractivity contribution in [3.63, 3.8) is 0 Å². The normalized spacial score (nSPS) is 11.5. The van der Waals surface area contributed by atoms with Gasteiger partial charge in [0, 0.05) is 33.2 Å². The van der Waals surface area contributed by atoms with Crippen LogP contribution in [-0.2, 0) is 11.0 Å². The maximum atomic E-state index is 13.4. The number of azo groups is 2. The number of nitrogens with zero attached hydrogens (tertiary/aromatic N) is 5. The maximum Gasteiger partial charge on any atom is 0.416 e. The van der Waals surface area contributed by atoms with Gasteiger partial charge in [0.1, 0.15) is 22.9 Å². The molecule has 0 aromatic heterocycles. The molecule has 0 radical (unpaired) electrons. The molecular weight excluding hydrogens is 894 g/mol. The molecule has 0 aliphatic rings. The summed E-state index contributed by atoms with van der Waals surface area (Å²) in [5, 5.41) is 47.0. The van der Waals surface area contributed by atoms with Crippen molar-refractivity contribution >= 4 is 91.5 Å². The number of hydrogen-bond donors (Lipinski definition) is 5. The van der Waals surface area contributed by atoms with Crippen LogP contribution < -0.4 is 20.9 Å². The monoisotopic (exact) mass is 928 g/mol. The number of rotatable bonds is 11. The highest BCUT2D eigenvalue weighted by Gasteiger charge is 2.30. The Labute approximate surface area is 389 Å². The zero-order valence-electron chi connectivity index (χ0n) is 35.9. The van der Waals surface area contributed by atoms with Gasteiger partial charge in [-0.25, -0.2) is 9.59 Å². The number of phenolic OH excluding ortho intramolecular Hbond substituents is 2. The lowest BCUT2D eigenvalue weighted by atomic mass is 10.0. The molecule has 0 aliphatic carbocycles. The number of carbonyl (C=O) groups is 5. The van der Waals surface area contributed by atoms with Crippen molar-refractivity contribution in [3.8, 4) is 11.5 Å². The summed E-state index contributed by atoms with van der Waals surface area (Å²) in [7, 11) is 0. The Hall–Kier alpha value is -9.58. The SMILES string of the molecule is Cc1cccc(N(C(=O)NC=O)c2ccc3c(N=Nc4ccc(C(=O)c5ccc(N=Nc6c(O)ccc7cc(C(=O)NC(=O)Nc8cccc(C(F)(F)F)c8)ccc67)cc5)cc4)c(O)ccc3c2)c1. The number of anilines is 3. The van der Waals surface area contributed by atoms with Crippen molar-refractivity contribution in [1.82, 2.24) is 10.6 Å². The standard InChI is InChI=1S/C51H35F3N8O7/c1-29-4-2-7-39(24-29)62(50(69)55-28-63)40-19-21-42-33(26-40)14-23-44(65)46(42)61-59-37-17-10-31(11-18-37)47(66)30-8-15-36(16-9-30)58-60-45-41-20-12-34(25-32(41)13-22-43(45)64)48(67)57-49(68)56-38-6-3-5-35(27-38)51(52,53)54/h2-28,64-65H,1H3,(H,55,63,69)(H2,56,57,67,68). The van der Waals surface area contributed by atoms with E-state index in [1.807, 2.05) is 13.0 Å². The fraction of sp³-hybridized carbons (Fsp3) is 0.0392. The average molecular weight is 929 g/mol. The number of nitrogens with one attached hydrogen (secondary N) is 3. The van der Waals surface area contributed by atoms with Gasteiger partial charge in [-0.3, -0.25) is 29.9 Å². The third-order valence-electron chi connectivity index (χ3n) is 10.6. The minimum Gasteiger partial charge on any atom is -0.506 e. The van der Waals surface area contributed by atoms with E-state index < -0.39 is 29.7 Å². The second-order valence-electron chi connectivity index (χ2n) is 15.3. The summed E-state index contributed by atoms with van der Waals surface area (Å²) in [6.45, 7) is 1.88. The fourth-order valence-corrected chi connectivity index (χ4v) is 7.20. The number of amides is 6. The first-order valence-corrected chi connectivity index (χ1v) is 20.7. The molecule has 0 saturated heterocycles. The molecular formula is C51H35F3N8O7. The highest BCUT2D eigenvalue weighted by Crippen LogP contribution is 2.40. The summed E-state index contributed by atoms with van der Waals surface area (Å²) in [5.74, 6) is -1.49. The number of fused-ring (bicyclic) bond motifs is 2. The van der Waals surface area contributed by atoms with E-state index >= 15 is 0 Å². The summed E-state index contributed by atoms with van der Waals surface area (Å²) in [4.78, 5) is 64.2. The first-order chi connectivity index (χ1) is 33.1. The number of alkyl halides is 3. The van der Waals surface area contributed by atoms with Gasteiger partial charge in [-0.1, -0.05) is 36.4 Å². The van der Waals surface area contributed by atoms with Crippen molar-refractivity contribution < 1.29 is 47.4 Å². The van der Waals surface area contributed by atoms with E-state index in [1.54, 1.807) is 91.0 Å². The van der Waals surface area contributed by atoms with E-state index in [2.05, 4.69) is 36.4 Å². The Bertz CT molecular complexity index is 3400. The van der Waals surface area contributed by atoms with E-state index in [9.17, 15) is 47.4 Å². The van der Waals surface area contributed by atoms with Crippen molar-refractivity contribution in [2.24, 2.45) is 20.5 Å². The van der Waals surface area contributed by atoms with E-state index in [0.717, 1.165) is 23.8 Å². The lowest BCUT2D eigenvalue weighted by molar-refractivity contribution is -0.137. The number of hydrogen-bond acceptors (Lipinski definition) is 11. The van der Waals surface area contributed by atoms with Gasteiger partial charge in [-0.2, -0.15) is 23.4 Å². The molecule has 18 heteroatoms. The van der Waals surface area contributed by atoms with Crippen LogP contribution in [0.25, 0.3) is 21.5 Å². The van der Waals surface area contributed by atoms with Crippen LogP contribution in [0, 0.1) is 6.92 Å². The lowest BCUT2D eigenvalue weighted by Gasteiger charge is -2.23. The Morgan fingerprint density at radius 1 is 0.594 bits per heavy atom. The average Bonchev–Trinajstić information content (AvgIpc) is 3.33. The quantitative estimate of drug-likeness (QED) is 0.0480. The Kier molecular flexibility index (Phi) is 13.0. The number of benzene rings is 8. The summed E-state index contributed by atoms with van der Waals surface area (Å²) >= 11 is 0. The van der Waals surface area contributed by atoms with Crippen molar-refractivity contribution in [1.29, 1.82) is 0 Å². The predicted molar refractivity (Wildman–Crippen MR) is 252 cm³/mol. The molecule has 6 amide bonds. The molecule has 8 aromatic carbocycles. The van der Waals surface area contributed by atoms with Crippen molar-refractivity contribution in [2.45, 2.75) is 13.1 Å². The summed E-state index contributed by atoms with van der Waals surface area (Å²) in [6.07, 6.45) is -4.31. The number of carbonyl (C=O) groups excluding carboxylic acids is 5. The molecule has 0 saturated carbocycles. The minimum absolute atomic E-state index is 0.0423. The molecule has 342 valence electrons. The Balaban J connectivity index is 0.920. The number of halogens is 3. The number of imide groups is 2. The van der Waals surface area contributed by atoms with Gasteiger partial charge in [0.15, 0.2) is 5.78 Å². The second-order valence-corrected chi connectivity index (χ2v) is 15.3. The Morgan fingerprint density at radius 2 is 1.14 bits per heavy atom. The minimum atomic E-state index is -4.62. The van der Waals surface area contributed by atoms with Gasteiger partial charge in [0.05, 0.1) is 28.3 Å². The molecule has 0 aliphatic heterocycles. The van der Waals surface area contributed by atoms with E-state index in [1.165, 1.54) is 47.4 Å². The van der Waals surface area contributed by atoms with Crippen LogP contribution >= 0.6 is 0 Å². The fourth-order valence-electron chi connectivity index (χ4n) is 7.20. The maximum absolute atomic E-state index is 13.4. The summed E-state index contributed by atoms with van der Waals surface area (Å²) in [6, 6.07) is 37.4. The molecule has 0 unspecified atom stereocenters. The molecule has 8 aromatic rings. The van der Waals surface area contributed by atoms with E-state index in [0.29, 0.717) is 61.8 Å². The van der Waals surface area contributed by atoms with Gasteiger partial charge in [-0.05, 0) is 145 Å². The number of urea groups is 2. The van der Waals surface area contributed by atoms with Gasteiger partial charge in [0.25, 0.3) is 5.91 Å². The highest BCUT2D eigenvalue weighted by atomic mass is 19.4. The molecule has 0 bridgehead atoms. The van der Waals surface area contributed by atoms with Crippen LogP contribution in [0.15, 0.2) is 178 Å². The molecule has 0 heterocycles. The largest absolute Gasteiger partial charge is 0.506 e. The zero-order valence-corrected chi connectivity index (χ0v) is 35.9. The topological polar surface area (TPSA) is 215 Å². The first kappa shape index (κ1) is 46.0. The second kappa shape index (κ2) is 19.5. The van der Waals surface area contributed by atoms with E-state index in [-0.39, 0.29) is 39.9 Å². The van der Waals surface area contributed by atoms with E-state index in [4.69, 9.17) is 0 Å². The molecule has 0 atom stereocenters. The predicted octanol–water partition coefficient (Wildman–Crippen LogP) is 12.8. The number of phenols is 2. The summed E-state index contributed by atoms with van der Waals surface area (Å²) in [5.41, 5.74) is 2.50. The van der Waals surface area contributed by atoms with Crippen LogP contribution in [0.5, 0.6) is 11.5 Å². The molecule has 0 spiro atoms. The molecule has 15 nitrogen and oxygen atoms in total. The van der Waals surface area contributed by atoms with Gasteiger partial charge >= 0.3 is 18.2 Å². The van der Waals surface area contributed by atoms with Gasteiger partial charge in [0.2, 0.25) is 6.41 Å². The lowest BCUT2D eigenvalue weighted by Crippen LogP contribution is -2.36. The number of aryl methyl sites for hydroxylation is 1. The molecule has 69 heavy (non-hydrogen) atoms. The van der Waals surface area contributed by atoms with Crippen LogP contribution in [0.4, 0.5) is 62.6 Å². The highest BCUT2D eigenvalue weighted by molar-refractivity contribution is 6.11. The first-order valence-electron chi connectivity index (χ1n) is 20.7. The zero-order chi connectivity index (χ0) is 48.8. The number of ketones is 1. The van der Waals surface area contributed by atoms with Crippen LogP contribution in [-0.4, -0.2) is 40.4 Å². The summed E-state index contributed by atoms with van der Waals surface area (Å²) < 4.78 is 39.2. The number of aromatic hydroxyl groups is 2. The van der Waals surface area contributed by atoms with Crippen molar-refractivity contribution in [3.05, 3.63) is 186 Å². The van der Waals surface area contributed by atoms with Gasteiger partial charge < -0.3 is 15.5 Å². The molecule has 5 N–H and O–H groups in total. The van der Waals surface area contributed by atoms with Gasteiger partial charge in [-0.15, -0.1) is 10.2 Å².